The maximum Gasteiger partial charge on any atom is 0.316 e. The first-order valence-electron chi connectivity index (χ1n) is 7.65. The molecule has 0 unspecified atom stereocenters. The van der Waals surface area contributed by atoms with Gasteiger partial charge in [-0.15, -0.1) is 10.2 Å². The van der Waals surface area contributed by atoms with Crippen LogP contribution in [0.1, 0.15) is 32.2 Å². The molecule has 24 heavy (non-hydrogen) atoms. The molecule has 0 saturated carbocycles. The van der Waals surface area contributed by atoms with Gasteiger partial charge in [0.1, 0.15) is 12.2 Å². The molecule has 0 aliphatic rings. The van der Waals surface area contributed by atoms with E-state index in [0.29, 0.717) is 17.6 Å². The van der Waals surface area contributed by atoms with Crippen LogP contribution in [0.15, 0.2) is 29.4 Å². The summed E-state index contributed by atoms with van der Waals surface area (Å²) in [7, 11) is 1.61. The molecule has 0 bridgehead atoms. The molecule has 130 valence electrons. The topological polar surface area (TPSA) is 66.2 Å². The minimum Gasteiger partial charge on any atom is -0.459 e. The molecule has 0 spiro atoms. The summed E-state index contributed by atoms with van der Waals surface area (Å²) >= 11 is 1.30. The summed E-state index contributed by atoms with van der Waals surface area (Å²) in [6, 6.07) is 8.02. The zero-order chi connectivity index (χ0) is 17.7. The van der Waals surface area contributed by atoms with Crippen molar-refractivity contribution in [2.24, 2.45) is 0 Å². The van der Waals surface area contributed by atoms with Crippen LogP contribution in [0.5, 0.6) is 0 Å². The molecule has 0 aliphatic heterocycles. The van der Waals surface area contributed by atoms with Crippen molar-refractivity contribution in [3.63, 3.8) is 0 Å². The van der Waals surface area contributed by atoms with Gasteiger partial charge in [-0.2, -0.15) is 0 Å². The second kappa shape index (κ2) is 7.81. The van der Waals surface area contributed by atoms with Crippen LogP contribution < -0.4 is 0 Å². The molecule has 1 heterocycles. The Hall–Kier alpha value is -1.86. The van der Waals surface area contributed by atoms with Gasteiger partial charge in [0, 0.05) is 12.8 Å². The molecule has 0 atom stereocenters. The lowest BCUT2D eigenvalue weighted by Crippen LogP contribution is -2.25. The first-order valence-corrected chi connectivity index (χ1v) is 8.63. The van der Waals surface area contributed by atoms with E-state index < -0.39 is 5.60 Å². The molecule has 0 aliphatic carbocycles. The molecule has 1 aromatic carbocycles. The SMILES string of the molecule is COCc1nnc(SCC(=O)OC(C)(C)C)n1-c1cccc(C)c1. The van der Waals surface area contributed by atoms with Crippen LogP contribution in [0.2, 0.25) is 0 Å². The summed E-state index contributed by atoms with van der Waals surface area (Å²) in [6.07, 6.45) is 0. The summed E-state index contributed by atoms with van der Waals surface area (Å²) in [5.41, 5.74) is 1.58. The maximum atomic E-state index is 11.9. The van der Waals surface area contributed by atoms with Gasteiger partial charge in [-0.25, -0.2) is 0 Å². The van der Waals surface area contributed by atoms with Gasteiger partial charge in [0.2, 0.25) is 0 Å². The maximum absolute atomic E-state index is 11.9. The van der Waals surface area contributed by atoms with Gasteiger partial charge in [0.05, 0.1) is 5.75 Å². The number of hydrogen-bond acceptors (Lipinski definition) is 6. The highest BCUT2D eigenvalue weighted by molar-refractivity contribution is 7.99. The van der Waals surface area contributed by atoms with Crippen LogP contribution in [0, 0.1) is 6.92 Å². The minimum atomic E-state index is -0.497. The van der Waals surface area contributed by atoms with E-state index in [1.165, 1.54) is 11.8 Å². The van der Waals surface area contributed by atoms with E-state index in [2.05, 4.69) is 10.2 Å². The molecule has 0 N–H and O–H groups in total. The molecule has 2 rings (SSSR count). The monoisotopic (exact) mass is 349 g/mol. The number of carbonyl (C=O) groups is 1. The average molecular weight is 349 g/mol. The van der Waals surface area contributed by atoms with Crippen molar-refractivity contribution in [2.45, 2.75) is 45.1 Å². The Morgan fingerprint density at radius 3 is 2.67 bits per heavy atom. The number of carbonyl (C=O) groups excluding carboxylic acids is 1. The summed E-state index contributed by atoms with van der Waals surface area (Å²) < 4.78 is 12.4. The van der Waals surface area contributed by atoms with Gasteiger partial charge in [-0.3, -0.25) is 9.36 Å². The third-order valence-corrected chi connectivity index (χ3v) is 3.88. The fourth-order valence-corrected chi connectivity index (χ4v) is 2.88. The van der Waals surface area contributed by atoms with Crippen LogP contribution in [-0.2, 0) is 20.9 Å². The number of thioether (sulfide) groups is 1. The van der Waals surface area contributed by atoms with Crippen LogP contribution in [0.25, 0.3) is 5.69 Å². The van der Waals surface area contributed by atoms with Crippen molar-refractivity contribution in [1.82, 2.24) is 14.8 Å². The molecule has 1 aromatic heterocycles. The van der Waals surface area contributed by atoms with Gasteiger partial charge < -0.3 is 9.47 Å². The fraction of sp³-hybridized carbons (Fsp3) is 0.471. The Balaban J connectivity index is 2.23. The van der Waals surface area contributed by atoms with Crippen molar-refractivity contribution < 1.29 is 14.3 Å². The number of methoxy groups -OCH3 is 1. The van der Waals surface area contributed by atoms with E-state index in [4.69, 9.17) is 9.47 Å². The Kier molecular flexibility index (Phi) is 6.01. The van der Waals surface area contributed by atoms with Crippen LogP contribution >= 0.6 is 11.8 Å². The van der Waals surface area contributed by atoms with Gasteiger partial charge in [-0.1, -0.05) is 23.9 Å². The van der Waals surface area contributed by atoms with Gasteiger partial charge in [-0.05, 0) is 45.4 Å². The number of esters is 1. The average Bonchev–Trinajstić information content (AvgIpc) is 2.86. The lowest BCUT2D eigenvalue weighted by atomic mass is 10.2. The Labute approximate surface area is 146 Å². The number of aryl methyl sites for hydroxylation is 1. The molecule has 6 nitrogen and oxygen atoms in total. The molecular formula is C17H23N3O3S. The van der Waals surface area contributed by atoms with Gasteiger partial charge >= 0.3 is 5.97 Å². The van der Waals surface area contributed by atoms with Crippen molar-refractivity contribution in [1.29, 1.82) is 0 Å². The zero-order valence-corrected chi connectivity index (χ0v) is 15.5. The summed E-state index contributed by atoms with van der Waals surface area (Å²) in [4.78, 5) is 11.9. The van der Waals surface area contributed by atoms with Crippen molar-refractivity contribution in [3.8, 4) is 5.69 Å². The number of rotatable bonds is 6. The van der Waals surface area contributed by atoms with Crippen LogP contribution in [0.4, 0.5) is 0 Å². The smallest absolute Gasteiger partial charge is 0.316 e. The van der Waals surface area contributed by atoms with Crippen LogP contribution in [-0.4, -0.2) is 39.2 Å². The van der Waals surface area contributed by atoms with E-state index in [1.807, 2.05) is 56.5 Å². The third kappa shape index (κ3) is 5.07. The van der Waals surface area contributed by atoms with Crippen molar-refractivity contribution in [2.75, 3.05) is 12.9 Å². The van der Waals surface area contributed by atoms with E-state index in [0.717, 1.165) is 11.3 Å². The Morgan fingerprint density at radius 1 is 1.29 bits per heavy atom. The fourth-order valence-electron chi connectivity index (χ4n) is 2.14. The second-order valence-corrected chi connectivity index (χ2v) is 7.32. The van der Waals surface area contributed by atoms with E-state index >= 15 is 0 Å². The molecule has 2 aromatic rings. The Morgan fingerprint density at radius 2 is 2.04 bits per heavy atom. The second-order valence-electron chi connectivity index (χ2n) is 6.38. The van der Waals surface area contributed by atoms with E-state index in [-0.39, 0.29) is 11.7 Å². The Bertz CT molecular complexity index is 707. The zero-order valence-electron chi connectivity index (χ0n) is 14.7. The largest absolute Gasteiger partial charge is 0.459 e. The van der Waals surface area contributed by atoms with Gasteiger partial charge in [0.25, 0.3) is 0 Å². The summed E-state index contributed by atoms with van der Waals surface area (Å²) in [5.74, 6) is 0.586. The lowest BCUT2D eigenvalue weighted by molar-refractivity contribution is -0.151. The molecule has 0 radical (unpaired) electrons. The molecular weight excluding hydrogens is 326 g/mol. The number of aromatic nitrogens is 3. The minimum absolute atomic E-state index is 0.175. The number of nitrogens with zero attached hydrogens (tertiary/aromatic N) is 3. The first kappa shape index (κ1) is 18.5. The molecule has 0 saturated heterocycles. The summed E-state index contributed by atoms with van der Waals surface area (Å²) in [5, 5.41) is 9.01. The van der Waals surface area contributed by atoms with Crippen molar-refractivity contribution in [3.05, 3.63) is 35.7 Å². The normalized spacial score (nSPS) is 11.5. The van der Waals surface area contributed by atoms with Crippen LogP contribution in [0.3, 0.4) is 0 Å². The number of ether oxygens (including phenoxy) is 2. The first-order chi connectivity index (χ1) is 11.3. The van der Waals surface area contributed by atoms with E-state index in [1.54, 1.807) is 7.11 Å². The standard InChI is InChI=1S/C17H23N3O3S/c1-12-7-6-8-13(9-12)20-14(10-22-5)18-19-16(20)24-11-15(21)23-17(2,3)4/h6-9H,10-11H2,1-5H3. The molecule has 0 fully saturated rings. The predicted octanol–water partition coefficient (Wildman–Crippen LogP) is 3.16. The van der Waals surface area contributed by atoms with E-state index in [9.17, 15) is 4.79 Å². The highest BCUT2D eigenvalue weighted by atomic mass is 32.2. The predicted molar refractivity (Wildman–Crippen MR) is 93.4 cm³/mol. The van der Waals surface area contributed by atoms with Gasteiger partial charge in [0.15, 0.2) is 11.0 Å². The number of benzene rings is 1. The lowest BCUT2D eigenvalue weighted by Gasteiger charge is -2.19. The quantitative estimate of drug-likeness (QED) is 0.589. The highest BCUT2D eigenvalue weighted by Crippen LogP contribution is 2.23. The molecule has 7 heteroatoms. The number of hydrogen-bond donors (Lipinski definition) is 0. The van der Waals surface area contributed by atoms with Crippen molar-refractivity contribution >= 4 is 17.7 Å². The highest BCUT2D eigenvalue weighted by Gasteiger charge is 2.19. The third-order valence-electron chi connectivity index (χ3n) is 2.97. The summed E-state index contributed by atoms with van der Waals surface area (Å²) in [6.45, 7) is 7.91. The molecule has 0 amide bonds.